The van der Waals surface area contributed by atoms with Crippen molar-refractivity contribution in [2.45, 2.75) is 33.2 Å². The molecular formula is C24H30N2O3. The van der Waals surface area contributed by atoms with E-state index in [9.17, 15) is 4.79 Å². The maximum Gasteiger partial charge on any atom is 0.338 e. The molecule has 154 valence electrons. The van der Waals surface area contributed by atoms with Gasteiger partial charge in [-0.2, -0.15) is 0 Å². The van der Waals surface area contributed by atoms with Crippen molar-refractivity contribution < 1.29 is 14.3 Å². The Morgan fingerprint density at radius 3 is 2.59 bits per heavy atom. The quantitative estimate of drug-likeness (QED) is 0.777. The lowest BCUT2D eigenvalue weighted by molar-refractivity contribution is 0.0526. The van der Waals surface area contributed by atoms with Gasteiger partial charge in [0.2, 0.25) is 0 Å². The van der Waals surface area contributed by atoms with Crippen LogP contribution < -0.4 is 10.2 Å². The summed E-state index contributed by atoms with van der Waals surface area (Å²) in [5.41, 5.74) is 5.44. The monoisotopic (exact) mass is 394 g/mol. The first-order valence-electron chi connectivity index (χ1n) is 10.5. The fourth-order valence-corrected chi connectivity index (χ4v) is 4.40. The molecule has 2 aromatic carbocycles. The van der Waals surface area contributed by atoms with Crippen molar-refractivity contribution in [3.8, 4) is 0 Å². The van der Waals surface area contributed by atoms with Crippen LogP contribution in [0.1, 0.15) is 48.3 Å². The van der Waals surface area contributed by atoms with Crippen LogP contribution in [0.5, 0.6) is 0 Å². The van der Waals surface area contributed by atoms with Gasteiger partial charge >= 0.3 is 5.97 Å². The second-order valence-corrected chi connectivity index (χ2v) is 8.53. The number of hydrogen-bond acceptors (Lipinski definition) is 5. The van der Waals surface area contributed by atoms with Crippen LogP contribution in [-0.2, 0) is 15.9 Å². The van der Waals surface area contributed by atoms with Crippen molar-refractivity contribution >= 4 is 17.3 Å². The Balaban J connectivity index is 1.55. The minimum atomic E-state index is -0.256. The molecule has 0 saturated carbocycles. The number of hydrogen-bond donors (Lipinski definition) is 1. The molecule has 5 nitrogen and oxygen atoms in total. The molecule has 1 fully saturated rings. The number of esters is 1. The van der Waals surface area contributed by atoms with Crippen LogP contribution in [0.25, 0.3) is 0 Å². The van der Waals surface area contributed by atoms with E-state index in [1.54, 1.807) is 0 Å². The number of carbonyl (C=O) groups excluding carboxylic acids is 1. The van der Waals surface area contributed by atoms with Gasteiger partial charge in [-0.25, -0.2) is 4.79 Å². The molecule has 2 aliphatic rings. The Kier molecular flexibility index (Phi) is 5.50. The maximum atomic E-state index is 12.1. The molecule has 1 N–H and O–H groups in total. The zero-order valence-electron chi connectivity index (χ0n) is 17.5. The second-order valence-electron chi connectivity index (χ2n) is 8.53. The van der Waals surface area contributed by atoms with Crippen molar-refractivity contribution in [3.05, 3.63) is 59.2 Å². The van der Waals surface area contributed by atoms with E-state index in [0.717, 1.165) is 38.4 Å². The largest absolute Gasteiger partial charge is 0.462 e. The van der Waals surface area contributed by atoms with Crippen LogP contribution in [0.3, 0.4) is 0 Å². The summed E-state index contributed by atoms with van der Waals surface area (Å²) in [5, 5.41) is 3.71. The van der Waals surface area contributed by atoms with Crippen LogP contribution in [-0.4, -0.2) is 38.9 Å². The van der Waals surface area contributed by atoms with Gasteiger partial charge in [-0.05, 0) is 60.2 Å². The number of nitrogens with zero attached hydrogens (tertiary/aromatic N) is 1. The van der Waals surface area contributed by atoms with Crippen molar-refractivity contribution in [2.24, 2.45) is 5.41 Å². The standard InChI is InChI=1S/C24H30N2O3/c1-4-29-23(27)18-7-10-21-19(15-18)16-24(2,3)22(25-21)17-5-8-20(9-6-17)26-11-13-28-14-12-26/h5-10,15,22,25H,4,11-14,16H2,1-3H3. The summed E-state index contributed by atoms with van der Waals surface area (Å²) in [5.74, 6) is -0.256. The summed E-state index contributed by atoms with van der Waals surface area (Å²) >= 11 is 0. The number of morpholine rings is 1. The topological polar surface area (TPSA) is 50.8 Å². The highest BCUT2D eigenvalue weighted by Gasteiger charge is 2.36. The molecule has 1 atom stereocenters. The van der Waals surface area contributed by atoms with Crippen LogP contribution in [0.15, 0.2) is 42.5 Å². The van der Waals surface area contributed by atoms with Crippen LogP contribution in [0.2, 0.25) is 0 Å². The maximum absolute atomic E-state index is 12.1. The SMILES string of the molecule is CCOC(=O)c1ccc2c(c1)CC(C)(C)C(c1ccc(N3CCOCC3)cc1)N2. The second kappa shape index (κ2) is 8.07. The van der Waals surface area contributed by atoms with Crippen LogP contribution in [0, 0.1) is 5.41 Å². The van der Waals surface area contributed by atoms with Gasteiger partial charge in [0.1, 0.15) is 0 Å². The third-order valence-electron chi connectivity index (χ3n) is 5.95. The van der Waals surface area contributed by atoms with Gasteiger partial charge in [0.25, 0.3) is 0 Å². The smallest absolute Gasteiger partial charge is 0.338 e. The predicted molar refractivity (Wildman–Crippen MR) is 116 cm³/mol. The number of anilines is 2. The van der Waals surface area contributed by atoms with E-state index in [4.69, 9.17) is 9.47 Å². The molecule has 0 bridgehead atoms. The van der Waals surface area contributed by atoms with E-state index in [1.807, 2.05) is 25.1 Å². The molecule has 2 aromatic rings. The van der Waals surface area contributed by atoms with E-state index >= 15 is 0 Å². The molecular weight excluding hydrogens is 364 g/mol. The van der Waals surface area contributed by atoms with E-state index in [2.05, 4.69) is 48.3 Å². The summed E-state index contributed by atoms with van der Waals surface area (Å²) in [6.45, 7) is 10.3. The molecule has 29 heavy (non-hydrogen) atoms. The Hall–Kier alpha value is -2.53. The molecule has 4 rings (SSSR count). The van der Waals surface area contributed by atoms with Crippen molar-refractivity contribution in [1.29, 1.82) is 0 Å². The fourth-order valence-electron chi connectivity index (χ4n) is 4.40. The first kappa shape index (κ1) is 19.8. The molecule has 1 saturated heterocycles. The number of rotatable bonds is 4. The highest BCUT2D eigenvalue weighted by molar-refractivity contribution is 5.90. The van der Waals surface area contributed by atoms with Gasteiger partial charge in [-0.1, -0.05) is 26.0 Å². The van der Waals surface area contributed by atoms with E-state index < -0.39 is 0 Å². The molecule has 0 aliphatic carbocycles. The van der Waals surface area contributed by atoms with E-state index in [0.29, 0.717) is 12.2 Å². The highest BCUT2D eigenvalue weighted by atomic mass is 16.5. The minimum Gasteiger partial charge on any atom is -0.462 e. The van der Waals surface area contributed by atoms with Crippen molar-refractivity contribution in [2.75, 3.05) is 43.1 Å². The molecule has 2 aliphatic heterocycles. The number of carbonyl (C=O) groups is 1. The zero-order valence-corrected chi connectivity index (χ0v) is 17.5. The van der Waals surface area contributed by atoms with Crippen molar-refractivity contribution in [3.63, 3.8) is 0 Å². The average molecular weight is 395 g/mol. The lowest BCUT2D eigenvalue weighted by Crippen LogP contribution is -2.36. The molecule has 0 amide bonds. The Morgan fingerprint density at radius 1 is 1.17 bits per heavy atom. The normalized spacial score (nSPS) is 20.5. The summed E-state index contributed by atoms with van der Waals surface area (Å²) in [6.07, 6.45) is 0.901. The number of benzene rings is 2. The third kappa shape index (κ3) is 4.10. The molecule has 5 heteroatoms. The van der Waals surface area contributed by atoms with Gasteiger partial charge in [0.15, 0.2) is 0 Å². The first-order chi connectivity index (χ1) is 14.0. The van der Waals surface area contributed by atoms with Crippen molar-refractivity contribution in [1.82, 2.24) is 0 Å². The average Bonchev–Trinajstić information content (AvgIpc) is 2.73. The molecule has 1 unspecified atom stereocenters. The van der Waals surface area contributed by atoms with Crippen LogP contribution >= 0.6 is 0 Å². The molecule has 2 heterocycles. The Bertz CT molecular complexity index is 870. The summed E-state index contributed by atoms with van der Waals surface area (Å²) < 4.78 is 10.6. The Labute approximate surface area is 173 Å². The third-order valence-corrected chi connectivity index (χ3v) is 5.95. The number of fused-ring (bicyclic) bond motifs is 1. The lowest BCUT2D eigenvalue weighted by Gasteiger charge is -2.41. The number of nitrogens with one attached hydrogen (secondary N) is 1. The van der Waals surface area contributed by atoms with Gasteiger partial charge < -0.3 is 19.7 Å². The zero-order chi connectivity index (χ0) is 20.4. The highest BCUT2D eigenvalue weighted by Crippen LogP contribution is 2.45. The molecule has 0 spiro atoms. The lowest BCUT2D eigenvalue weighted by atomic mass is 9.72. The fraction of sp³-hybridized carbons (Fsp3) is 0.458. The summed E-state index contributed by atoms with van der Waals surface area (Å²) in [6, 6.07) is 15.0. The Morgan fingerprint density at radius 2 is 1.90 bits per heavy atom. The summed E-state index contributed by atoms with van der Waals surface area (Å²) in [7, 11) is 0. The number of ether oxygens (including phenoxy) is 2. The van der Waals surface area contributed by atoms with E-state index in [1.165, 1.54) is 16.8 Å². The van der Waals surface area contributed by atoms with E-state index in [-0.39, 0.29) is 17.4 Å². The first-order valence-corrected chi connectivity index (χ1v) is 10.5. The minimum absolute atomic E-state index is 0.0146. The predicted octanol–water partition coefficient (Wildman–Crippen LogP) is 4.44. The molecule has 0 radical (unpaired) electrons. The van der Waals surface area contributed by atoms with Gasteiger partial charge in [0.05, 0.1) is 31.4 Å². The van der Waals surface area contributed by atoms with Gasteiger partial charge in [-0.15, -0.1) is 0 Å². The van der Waals surface area contributed by atoms with Gasteiger partial charge in [-0.3, -0.25) is 0 Å². The van der Waals surface area contributed by atoms with Gasteiger partial charge in [0, 0.05) is 24.5 Å². The molecule has 0 aromatic heterocycles. The summed E-state index contributed by atoms with van der Waals surface area (Å²) in [4.78, 5) is 14.5. The van der Waals surface area contributed by atoms with Crippen LogP contribution in [0.4, 0.5) is 11.4 Å².